The number of hydrogen-bond acceptors (Lipinski definition) is 3. The first kappa shape index (κ1) is 12.6. The highest BCUT2D eigenvalue weighted by atomic mass is 79.9. The lowest BCUT2D eigenvalue weighted by Gasteiger charge is -2.04. The van der Waals surface area contributed by atoms with Gasteiger partial charge in [0, 0.05) is 0 Å². The maximum atomic E-state index is 11.8. The average Bonchev–Trinajstić information content (AvgIpc) is 2.37. The summed E-state index contributed by atoms with van der Waals surface area (Å²) in [7, 11) is 0. The molecule has 4 heteroatoms. The summed E-state index contributed by atoms with van der Waals surface area (Å²) in [5.41, 5.74) is 1.68. The van der Waals surface area contributed by atoms with E-state index in [0.29, 0.717) is 16.0 Å². The molecule has 90 valence electrons. The lowest BCUT2D eigenvalue weighted by atomic mass is 10.1. The van der Waals surface area contributed by atoms with Gasteiger partial charge >= 0.3 is 0 Å². The van der Waals surface area contributed by atoms with Gasteiger partial charge < -0.3 is 9.79 Å². The van der Waals surface area contributed by atoms with E-state index in [0.717, 1.165) is 5.56 Å². The third-order valence-corrected chi connectivity index (χ3v) is 2.73. The van der Waals surface area contributed by atoms with Crippen molar-refractivity contribution >= 4 is 33.7 Å². The van der Waals surface area contributed by atoms with E-state index < -0.39 is 0 Å². The van der Waals surface area contributed by atoms with Crippen molar-refractivity contribution in [2.24, 2.45) is 4.99 Å². The Kier molecular flexibility index (Phi) is 3.99. The molecule has 0 amide bonds. The van der Waals surface area contributed by atoms with Gasteiger partial charge in [-0.2, -0.15) is 0 Å². The van der Waals surface area contributed by atoms with Crippen molar-refractivity contribution in [3.05, 3.63) is 58.2 Å². The lowest BCUT2D eigenvalue weighted by molar-refractivity contribution is 0.107. The Hall–Kier alpha value is -1.81. The zero-order chi connectivity index (χ0) is 13.0. The van der Waals surface area contributed by atoms with E-state index in [1.165, 1.54) is 0 Å². The Labute approximate surface area is 114 Å². The molecule has 0 radical (unpaired) electrons. The number of carbonyl (C=O) groups is 1. The Morgan fingerprint density at radius 2 is 1.94 bits per heavy atom. The van der Waals surface area contributed by atoms with Gasteiger partial charge in [-0.3, -0.25) is 4.98 Å². The Morgan fingerprint density at radius 1 is 1.22 bits per heavy atom. The molecule has 0 spiro atoms. The van der Waals surface area contributed by atoms with Gasteiger partial charge in [-0.25, -0.2) is 0 Å². The molecule has 0 aliphatic rings. The molecule has 3 nitrogen and oxygen atoms in total. The maximum absolute atomic E-state index is 11.8. The summed E-state index contributed by atoms with van der Waals surface area (Å²) in [6.45, 7) is 1.97. The molecule has 18 heavy (non-hydrogen) atoms. The molecule has 2 rings (SSSR count). The van der Waals surface area contributed by atoms with Crippen LogP contribution < -0.4 is 0 Å². The molecule has 0 fully saturated rings. The van der Waals surface area contributed by atoms with Crippen LogP contribution in [0.25, 0.3) is 0 Å². The van der Waals surface area contributed by atoms with Gasteiger partial charge in [0.1, 0.15) is 0 Å². The van der Waals surface area contributed by atoms with Gasteiger partial charge in [0.2, 0.25) is 0 Å². The van der Waals surface area contributed by atoms with E-state index in [1.807, 2.05) is 19.1 Å². The summed E-state index contributed by atoms with van der Waals surface area (Å²) in [6, 6.07) is 12.6. The second-order valence-corrected chi connectivity index (χ2v) is 4.55. The van der Waals surface area contributed by atoms with Crippen LogP contribution in [0.1, 0.15) is 15.9 Å². The Morgan fingerprint density at radius 3 is 2.61 bits per heavy atom. The SMILES string of the molecule is Cc1ccc(C(=O)[C-]=Nc2cccc(Br)n2)cc1. The molecular weight excluding hydrogens is 292 g/mol. The van der Waals surface area contributed by atoms with Crippen LogP contribution >= 0.6 is 15.9 Å². The minimum absolute atomic E-state index is 0.253. The monoisotopic (exact) mass is 301 g/mol. The van der Waals surface area contributed by atoms with Gasteiger partial charge in [0.05, 0.1) is 16.2 Å². The number of benzene rings is 1. The number of hydrogen-bond donors (Lipinski definition) is 0. The quantitative estimate of drug-likeness (QED) is 0.376. The van der Waals surface area contributed by atoms with Crippen LogP contribution in [0.2, 0.25) is 0 Å². The van der Waals surface area contributed by atoms with Crippen LogP contribution in [0.3, 0.4) is 0 Å². The van der Waals surface area contributed by atoms with E-state index in [-0.39, 0.29) is 5.78 Å². The molecule has 1 aromatic heterocycles. The summed E-state index contributed by atoms with van der Waals surface area (Å²) >= 11 is 3.24. The number of rotatable bonds is 3. The van der Waals surface area contributed by atoms with E-state index in [2.05, 4.69) is 32.1 Å². The van der Waals surface area contributed by atoms with Gasteiger partial charge in [-0.05, 0) is 35.1 Å². The Balaban J connectivity index is 2.14. The van der Waals surface area contributed by atoms with E-state index >= 15 is 0 Å². The van der Waals surface area contributed by atoms with Crippen molar-refractivity contribution < 1.29 is 4.79 Å². The summed E-state index contributed by atoms with van der Waals surface area (Å²) in [5, 5.41) is 0. The molecule has 1 heterocycles. The summed E-state index contributed by atoms with van der Waals surface area (Å²) in [5.74, 6) is 0.196. The molecule has 0 saturated carbocycles. The van der Waals surface area contributed by atoms with Crippen molar-refractivity contribution in [1.82, 2.24) is 4.98 Å². The van der Waals surface area contributed by atoms with Crippen molar-refractivity contribution in [2.45, 2.75) is 6.92 Å². The molecule has 0 aliphatic heterocycles. The summed E-state index contributed by atoms with van der Waals surface area (Å²) < 4.78 is 0.674. The van der Waals surface area contributed by atoms with Crippen molar-refractivity contribution in [3.63, 3.8) is 0 Å². The van der Waals surface area contributed by atoms with Gasteiger partial charge in [-0.15, -0.1) is 12.1 Å². The summed E-state index contributed by atoms with van der Waals surface area (Å²) in [6.07, 6.45) is 2.46. The number of aliphatic imine (C=N–C) groups is 1. The molecule has 2 aromatic rings. The number of nitrogens with zero attached hydrogens (tertiary/aromatic N) is 2. The first-order valence-electron chi connectivity index (χ1n) is 5.35. The fraction of sp³-hybridized carbons (Fsp3) is 0.0714. The highest BCUT2D eigenvalue weighted by Gasteiger charge is 1.93. The third kappa shape index (κ3) is 3.34. The maximum Gasteiger partial charge on any atom is 0.0941 e. The van der Waals surface area contributed by atoms with Gasteiger partial charge in [0.25, 0.3) is 0 Å². The number of aryl methyl sites for hydroxylation is 1. The number of carbonyl (C=O) groups excluding carboxylic acids is 1. The largest absolute Gasteiger partial charge is 0.365 e. The summed E-state index contributed by atoms with van der Waals surface area (Å²) in [4.78, 5) is 19.8. The van der Waals surface area contributed by atoms with Crippen molar-refractivity contribution in [1.29, 1.82) is 0 Å². The highest BCUT2D eigenvalue weighted by Crippen LogP contribution is 2.12. The van der Waals surface area contributed by atoms with E-state index in [9.17, 15) is 4.79 Å². The van der Waals surface area contributed by atoms with E-state index in [1.54, 1.807) is 30.3 Å². The van der Waals surface area contributed by atoms with Crippen LogP contribution in [0.4, 0.5) is 5.82 Å². The first-order valence-corrected chi connectivity index (χ1v) is 6.15. The molecule has 0 aliphatic carbocycles. The van der Waals surface area contributed by atoms with Crippen LogP contribution in [0.15, 0.2) is 52.1 Å². The average molecular weight is 302 g/mol. The fourth-order valence-electron chi connectivity index (χ4n) is 1.34. The lowest BCUT2D eigenvalue weighted by Crippen LogP contribution is -1.99. The molecule has 0 saturated heterocycles. The standard InChI is InChI=1S/C14H10BrN2O/c1-10-5-7-11(8-6-10)12(18)9-16-14-4-2-3-13(15)17-14/h2-8H,1H3/q-1. The van der Waals surface area contributed by atoms with Crippen LogP contribution in [0, 0.1) is 6.92 Å². The molecule has 1 aromatic carbocycles. The molecule has 0 bridgehead atoms. The molecule has 0 N–H and O–H groups in total. The molecular formula is C14H10BrN2O-. The second kappa shape index (κ2) is 5.69. The predicted molar refractivity (Wildman–Crippen MR) is 74.5 cm³/mol. The first-order chi connectivity index (χ1) is 8.65. The van der Waals surface area contributed by atoms with Crippen LogP contribution in [-0.4, -0.2) is 17.0 Å². The minimum Gasteiger partial charge on any atom is -0.365 e. The number of aromatic nitrogens is 1. The second-order valence-electron chi connectivity index (χ2n) is 3.74. The van der Waals surface area contributed by atoms with E-state index in [4.69, 9.17) is 0 Å². The van der Waals surface area contributed by atoms with Gasteiger partial charge in [0.15, 0.2) is 0 Å². The fourth-order valence-corrected chi connectivity index (χ4v) is 1.67. The normalized spacial score (nSPS) is 10.8. The number of pyridine rings is 1. The minimum atomic E-state index is -0.253. The number of Topliss-reactive ketones (excluding diaryl/α,β-unsaturated/α-hetero) is 1. The third-order valence-electron chi connectivity index (χ3n) is 2.29. The smallest absolute Gasteiger partial charge is 0.0941 e. The van der Waals surface area contributed by atoms with Crippen LogP contribution in [-0.2, 0) is 0 Å². The zero-order valence-corrected chi connectivity index (χ0v) is 11.3. The van der Waals surface area contributed by atoms with Crippen molar-refractivity contribution in [3.8, 4) is 0 Å². The number of ketones is 1. The predicted octanol–water partition coefficient (Wildman–Crippen LogP) is 3.61. The Bertz CT molecular complexity index is 591. The number of halogens is 1. The van der Waals surface area contributed by atoms with Crippen LogP contribution in [0.5, 0.6) is 0 Å². The zero-order valence-electron chi connectivity index (χ0n) is 9.72. The van der Waals surface area contributed by atoms with Crippen molar-refractivity contribution in [2.75, 3.05) is 0 Å². The molecule has 0 unspecified atom stereocenters. The van der Waals surface area contributed by atoms with Gasteiger partial charge in [-0.1, -0.05) is 35.4 Å². The molecule has 0 atom stereocenters. The topological polar surface area (TPSA) is 42.3 Å². The highest BCUT2D eigenvalue weighted by molar-refractivity contribution is 9.10.